The van der Waals surface area contributed by atoms with Crippen molar-refractivity contribution in [2.45, 2.75) is 6.42 Å². The van der Waals surface area contributed by atoms with Gasteiger partial charge in [-0.2, -0.15) is 0 Å². The number of aromatic nitrogens is 4. The number of pyridine rings is 1. The van der Waals surface area contributed by atoms with Gasteiger partial charge >= 0.3 is 0 Å². The topological polar surface area (TPSA) is 69.9 Å². The zero-order chi connectivity index (χ0) is 20.4. The molecular weight excluding hydrogens is 408 g/mol. The Morgan fingerprint density at radius 2 is 2.10 bits per heavy atom. The van der Waals surface area contributed by atoms with Gasteiger partial charge in [0.2, 0.25) is 0 Å². The van der Waals surface area contributed by atoms with E-state index in [4.69, 9.17) is 21.3 Å². The van der Waals surface area contributed by atoms with Gasteiger partial charge in [-0.25, -0.2) is 9.97 Å². The van der Waals surface area contributed by atoms with E-state index < -0.39 is 0 Å². The molecule has 0 bridgehead atoms. The van der Waals surface area contributed by atoms with Crippen LogP contribution in [0.1, 0.15) is 16.2 Å². The normalized spacial score (nSPS) is 10.9. The summed E-state index contributed by atoms with van der Waals surface area (Å²) in [4.78, 5) is 25.4. The van der Waals surface area contributed by atoms with Gasteiger partial charge in [0.1, 0.15) is 17.3 Å². The molecule has 1 aromatic carbocycles. The molecule has 146 valence electrons. The summed E-state index contributed by atoms with van der Waals surface area (Å²) in [5.41, 5.74) is 5.24. The molecule has 0 radical (unpaired) electrons. The fourth-order valence-electron chi connectivity index (χ4n) is 3.01. The van der Waals surface area contributed by atoms with E-state index in [1.54, 1.807) is 30.3 Å². The lowest BCUT2D eigenvalue weighted by atomic mass is 10.1. The van der Waals surface area contributed by atoms with Crippen molar-refractivity contribution in [1.29, 1.82) is 0 Å². The highest BCUT2D eigenvalue weighted by Crippen LogP contribution is 2.33. The van der Waals surface area contributed by atoms with Gasteiger partial charge in [-0.3, -0.25) is 9.78 Å². The second kappa shape index (κ2) is 8.14. The van der Waals surface area contributed by atoms with Gasteiger partial charge in [-0.15, -0.1) is 11.3 Å². The van der Waals surface area contributed by atoms with Crippen molar-refractivity contribution in [3.63, 3.8) is 0 Å². The first-order valence-electron chi connectivity index (χ1n) is 8.79. The van der Waals surface area contributed by atoms with Gasteiger partial charge in [0.05, 0.1) is 24.7 Å². The molecule has 0 amide bonds. The fraction of sp³-hybridized carbons (Fsp3) is 0.143. The SMILES string of the molecule is COc1ccc(Cl)cc1-c1cn(C)c(-c2ccc(CC(=O)c3cscn3)nc2)n1. The monoisotopic (exact) mass is 424 g/mol. The Labute approximate surface area is 176 Å². The third-order valence-corrected chi connectivity index (χ3v) is 5.28. The number of imidazole rings is 1. The average Bonchev–Trinajstić information content (AvgIpc) is 3.39. The number of nitrogens with zero attached hydrogens (tertiary/aromatic N) is 4. The number of rotatable bonds is 6. The Bertz CT molecular complexity index is 1150. The molecule has 0 N–H and O–H groups in total. The molecule has 3 heterocycles. The molecule has 8 heteroatoms. The Morgan fingerprint density at radius 3 is 2.79 bits per heavy atom. The van der Waals surface area contributed by atoms with Crippen molar-refractivity contribution in [1.82, 2.24) is 19.5 Å². The highest BCUT2D eigenvalue weighted by molar-refractivity contribution is 7.07. The van der Waals surface area contributed by atoms with Crippen molar-refractivity contribution < 1.29 is 9.53 Å². The van der Waals surface area contributed by atoms with E-state index >= 15 is 0 Å². The van der Waals surface area contributed by atoms with E-state index in [9.17, 15) is 4.79 Å². The number of carbonyl (C=O) groups excluding carboxylic acids is 1. The van der Waals surface area contributed by atoms with Gasteiger partial charge < -0.3 is 9.30 Å². The maximum Gasteiger partial charge on any atom is 0.187 e. The fourth-order valence-corrected chi connectivity index (χ4v) is 3.74. The Kier molecular flexibility index (Phi) is 5.42. The van der Waals surface area contributed by atoms with Crippen molar-refractivity contribution in [3.8, 4) is 28.4 Å². The molecule has 0 saturated heterocycles. The molecule has 4 rings (SSSR count). The predicted octanol–water partition coefficient (Wildman–Crippen LogP) is 4.69. The average molecular weight is 425 g/mol. The number of carbonyl (C=O) groups is 1. The molecule has 0 unspecified atom stereocenters. The summed E-state index contributed by atoms with van der Waals surface area (Å²) in [5.74, 6) is 1.42. The van der Waals surface area contributed by atoms with Crippen LogP contribution < -0.4 is 4.74 Å². The second-order valence-electron chi connectivity index (χ2n) is 6.42. The molecule has 4 aromatic rings. The lowest BCUT2D eigenvalue weighted by Crippen LogP contribution is -2.05. The van der Waals surface area contributed by atoms with Crippen LogP contribution in [0, 0.1) is 0 Å². The van der Waals surface area contributed by atoms with E-state index in [0.29, 0.717) is 22.2 Å². The standard InChI is InChI=1S/C21H17ClN4O2S/c1-26-10-17(16-7-14(22)4-6-20(16)28-2)25-21(26)13-3-5-15(23-9-13)8-19(27)18-11-29-12-24-18/h3-7,9-12H,8H2,1-2H3. The number of ether oxygens (including phenoxy) is 1. The molecule has 0 atom stereocenters. The third-order valence-electron chi connectivity index (χ3n) is 4.46. The van der Waals surface area contributed by atoms with E-state index in [1.807, 2.05) is 42.1 Å². The molecule has 6 nitrogen and oxygen atoms in total. The predicted molar refractivity (Wildman–Crippen MR) is 114 cm³/mol. The molecular formula is C21H17ClN4O2S. The first-order valence-corrected chi connectivity index (χ1v) is 10.1. The van der Waals surface area contributed by atoms with Gasteiger partial charge in [-0.1, -0.05) is 11.6 Å². The van der Waals surface area contributed by atoms with Crippen molar-refractivity contribution in [2.75, 3.05) is 7.11 Å². The van der Waals surface area contributed by atoms with Gasteiger partial charge in [0.25, 0.3) is 0 Å². The zero-order valence-electron chi connectivity index (χ0n) is 15.8. The minimum absolute atomic E-state index is 0.0428. The van der Waals surface area contributed by atoms with Crippen LogP contribution in [0.3, 0.4) is 0 Å². The number of ketones is 1. The lowest BCUT2D eigenvalue weighted by Gasteiger charge is -2.06. The molecule has 0 aliphatic rings. The lowest BCUT2D eigenvalue weighted by molar-refractivity contribution is 0.0988. The van der Waals surface area contributed by atoms with E-state index in [1.165, 1.54) is 11.3 Å². The van der Waals surface area contributed by atoms with Crippen LogP contribution in [0.2, 0.25) is 5.02 Å². The first kappa shape index (κ1) is 19.3. The summed E-state index contributed by atoms with van der Waals surface area (Å²) in [7, 11) is 3.54. The molecule has 0 fully saturated rings. The summed E-state index contributed by atoms with van der Waals surface area (Å²) >= 11 is 7.55. The highest BCUT2D eigenvalue weighted by atomic mass is 35.5. The number of halogens is 1. The minimum atomic E-state index is -0.0428. The number of hydrogen-bond donors (Lipinski definition) is 0. The second-order valence-corrected chi connectivity index (χ2v) is 7.57. The van der Waals surface area contributed by atoms with E-state index in [2.05, 4.69) is 9.97 Å². The first-order chi connectivity index (χ1) is 14.0. The number of methoxy groups -OCH3 is 1. The van der Waals surface area contributed by atoms with Crippen LogP contribution in [-0.4, -0.2) is 32.4 Å². The third kappa shape index (κ3) is 4.06. The Morgan fingerprint density at radius 1 is 1.24 bits per heavy atom. The van der Waals surface area contributed by atoms with Crippen LogP contribution in [0.25, 0.3) is 22.6 Å². The number of hydrogen-bond acceptors (Lipinski definition) is 6. The number of aryl methyl sites for hydroxylation is 1. The van der Waals surface area contributed by atoms with E-state index in [-0.39, 0.29) is 12.2 Å². The van der Waals surface area contributed by atoms with Gasteiger partial charge in [0, 0.05) is 46.7 Å². The summed E-state index contributed by atoms with van der Waals surface area (Å²) < 4.78 is 7.36. The number of benzene rings is 1. The largest absolute Gasteiger partial charge is 0.496 e. The van der Waals surface area contributed by atoms with Crippen molar-refractivity contribution in [2.24, 2.45) is 7.05 Å². The molecule has 3 aromatic heterocycles. The maximum atomic E-state index is 12.2. The van der Waals surface area contributed by atoms with Gasteiger partial charge in [-0.05, 0) is 30.3 Å². The quantitative estimate of drug-likeness (QED) is 0.420. The smallest absolute Gasteiger partial charge is 0.187 e. The van der Waals surface area contributed by atoms with Gasteiger partial charge in [0.15, 0.2) is 5.78 Å². The minimum Gasteiger partial charge on any atom is -0.496 e. The summed E-state index contributed by atoms with van der Waals surface area (Å²) in [6.07, 6.45) is 3.86. The van der Waals surface area contributed by atoms with Crippen molar-refractivity contribution >= 4 is 28.7 Å². The molecule has 0 aliphatic heterocycles. The van der Waals surface area contributed by atoms with E-state index in [0.717, 1.165) is 22.6 Å². The Hall–Kier alpha value is -3.03. The van der Waals surface area contributed by atoms with Crippen molar-refractivity contribution in [3.05, 3.63) is 70.0 Å². The molecule has 0 spiro atoms. The highest BCUT2D eigenvalue weighted by Gasteiger charge is 2.15. The number of Topliss-reactive ketones (excluding diaryl/α,β-unsaturated/α-hetero) is 1. The summed E-state index contributed by atoms with van der Waals surface area (Å²) in [6.45, 7) is 0. The van der Waals surface area contributed by atoms with Crippen LogP contribution in [0.4, 0.5) is 0 Å². The molecule has 0 aliphatic carbocycles. The summed E-state index contributed by atoms with van der Waals surface area (Å²) in [5, 5.41) is 2.36. The summed E-state index contributed by atoms with van der Waals surface area (Å²) in [6, 6.07) is 9.19. The van der Waals surface area contributed by atoms with Crippen LogP contribution in [0.5, 0.6) is 5.75 Å². The zero-order valence-corrected chi connectivity index (χ0v) is 17.4. The van der Waals surface area contributed by atoms with Crippen LogP contribution in [-0.2, 0) is 13.5 Å². The van der Waals surface area contributed by atoms with Crippen LogP contribution in [0.15, 0.2) is 53.6 Å². The molecule has 29 heavy (non-hydrogen) atoms. The molecule has 0 saturated carbocycles. The number of thiazole rings is 1. The van der Waals surface area contributed by atoms with Crippen LogP contribution >= 0.6 is 22.9 Å². The maximum absolute atomic E-state index is 12.2. The Balaban J connectivity index is 1.60.